The van der Waals surface area contributed by atoms with Crippen molar-refractivity contribution in [3.05, 3.63) is 29.3 Å². The second-order valence-electron chi connectivity index (χ2n) is 6.37. The molecule has 1 aliphatic carbocycles. The molecule has 2 fully saturated rings. The zero-order chi connectivity index (χ0) is 17.8. The molecule has 1 aromatic carbocycles. The Morgan fingerprint density at radius 3 is 2.28 bits per heavy atom. The van der Waals surface area contributed by atoms with Crippen LogP contribution < -0.4 is 10.6 Å². The summed E-state index contributed by atoms with van der Waals surface area (Å²) in [6.07, 6.45) is 1.91. The lowest BCUT2D eigenvalue weighted by molar-refractivity contribution is -0.147. The number of nitrogens with one attached hydrogen (secondary N) is 2. The van der Waals surface area contributed by atoms with E-state index in [9.17, 15) is 14.4 Å². The number of piperazine rings is 1. The first-order chi connectivity index (χ1) is 12.0. The van der Waals surface area contributed by atoms with Gasteiger partial charge in [0.15, 0.2) is 0 Å². The van der Waals surface area contributed by atoms with Crippen LogP contribution in [0.25, 0.3) is 0 Å². The van der Waals surface area contributed by atoms with Gasteiger partial charge in [0.05, 0.1) is 6.54 Å². The van der Waals surface area contributed by atoms with Gasteiger partial charge in [-0.3, -0.25) is 19.3 Å². The molecule has 0 unspecified atom stereocenters. The van der Waals surface area contributed by atoms with Gasteiger partial charge in [-0.05, 0) is 37.1 Å². The summed E-state index contributed by atoms with van der Waals surface area (Å²) in [5, 5.41) is 6.14. The van der Waals surface area contributed by atoms with Gasteiger partial charge in [-0.15, -0.1) is 0 Å². The van der Waals surface area contributed by atoms with Crippen LogP contribution in [0.3, 0.4) is 0 Å². The number of benzene rings is 1. The van der Waals surface area contributed by atoms with E-state index in [1.54, 1.807) is 29.2 Å². The van der Waals surface area contributed by atoms with E-state index in [1.165, 1.54) is 0 Å². The van der Waals surface area contributed by atoms with Crippen molar-refractivity contribution >= 4 is 35.0 Å². The van der Waals surface area contributed by atoms with Gasteiger partial charge in [0, 0.05) is 42.9 Å². The lowest BCUT2D eigenvalue weighted by atomic mass is 10.3. The van der Waals surface area contributed by atoms with Crippen LogP contribution in [0.2, 0.25) is 5.02 Å². The largest absolute Gasteiger partial charge is 0.345 e. The minimum atomic E-state index is -0.517. The number of hydrogen-bond acceptors (Lipinski definition) is 4. The fourth-order valence-electron chi connectivity index (χ4n) is 2.66. The van der Waals surface area contributed by atoms with Crippen molar-refractivity contribution in [2.45, 2.75) is 18.9 Å². The van der Waals surface area contributed by atoms with E-state index in [4.69, 9.17) is 11.6 Å². The lowest BCUT2D eigenvalue weighted by Gasteiger charge is -2.33. The molecule has 0 aromatic heterocycles. The van der Waals surface area contributed by atoms with Gasteiger partial charge < -0.3 is 15.5 Å². The van der Waals surface area contributed by atoms with Crippen LogP contribution in [0.5, 0.6) is 0 Å². The van der Waals surface area contributed by atoms with Crippen molar-refractivity contribution in [3.63, 3.8) is 0 Å². The van der Waals surface area contributed by atoms with Gasteiger partial charge in [-0.2, -0.15) is 0 Å². The molecule has 1 saturated carbocycles. The van der Waals surface area contributed by atoms with E-state index in [2.05, 4.69) is 10.6 Å². The predicted molar refractivity (Wildman–Crippen MR) is 94.3 cm³/mol. The van der Waals surface area contributed by atoms with Gasteiger partial charge in [-0.1, -0.05) is 11.6 Å². The van der Waals surface area contributed by atoms with E-state index in [1.807, 2.05) is 4.90 Å². The summed E-state index contributed by atoms with van der Waals surface area (Å²) in [6.45, 7) is 2.28. The zero-order valence-electron chi connectivity index (χ0n) is 13.8. The third-order valence-electron chi connectivity index (χ3n) is 4.26. The SMILES string of the molecule is O=C(CN1CCN(C(=O)C(=O)NC2CC2)CC1)Nc1ccc(Cl)cc1. The quantitative estimate of drug-likeness (QED) is 0.771. The number of carbonyl (C=O) groups is 3. The number of halogens is 1. The Bertz CT molecular complexity index is 652. The van der Waals surface area contributed by atoms with Gasteiger partial charge in [0.25, 0.3) is 0 Å². The maximum atomic E-state index is 12.1. The second kappa shape index (κ2) is 7.84. The Morgan fingerprint density at radius 1 is 1.04 bits per heavy atom. The van der Waals surface area contributed by atoms with E-state index < -0.39 is 11.8 Å². The number of amides is 3. The number of anilines is 1. The highest BCUT2D eigenvalue weighted by Gasteiger charge is 2.30. The molecule has 2 N–H and O–H groups in total. The molecule has 25 heavy (non-hydrogen) atoms. The summed E-state index contributed by atoms with van der Waals surface area (Å²) in [5.41, 5.74) is 0.694. The topological polar surface area (TPSA) is 81.8 Å². The number of hydrogen-bond donors (Lipinski definition) is 2. The summed E-state index contributed by atoms with van der Waals surface area (Å²) in [7, 11) is 0. The minimum Gasteiger partial charge on any atom is -0.345 e. The molecule has 1 aliphatic heterocycles. The van der Waals surface area contributed by atoms with Crippen LogP contribution in [0.4, 0.5) is 5.69 Å². The highest BCUT2D eigenvalue weighted by atomic mass is 35.5. The molecule has 0 bridgehead atoms. The first-order valence-electron chi connectivity index (χ1n) is 8.39. The summed E-state index contributed by atoms with van der Waals surface area (Å²) >= 11 is 5.81. The maximum absolute atomic E-state index is 12.1. The van der Waals surface area contributed by atoms with Gasteiger partial charge in [0.2, 0.25) is 5.91 Å². The van der Waals surface area contributed by atoms with Gasteiger partial charge >= 0.3 is 11.8 Å². The van der Waals surface area contributed by atoms with Crippen molar-refractivity contribution in [1.82, 2.24) is 15.1 Å². The predicted octanol–water partition coefficient (Wildman–Crippen LogP) is 0.701. The fraction of sp³-hybridized carbons (Fsp3) is 0.471. The van der Waals surface area contributed by atoms with E-state index in [-0.39, 0.29) is 18.5 Å². The van der Waals surface area contributed by atoms with Crippen LogP contribution in [0.1, 0.15) is 12.8 Å². The normalized spacial score (nSPS) is 17.9. The molecule has 7 nitrogen and oxygen atoms in total. The Morgan fingerprint density at radius 2 is 1.68 bits per heavy atom. The minimum absolute atomic E-state index is 0.117. The highest BCUT2D eigenvalue weighted by Crippen LogP contribution is 2.18. The first kappa shape index (κ1) is 17.7. The van der Waals surface area contributed by atoms with E-state index in [0.29, 0.717) is 36.9 Å². The Kier molecular flexibility index (Phi) is 5.55. The third-order valence-corrected chi connectivity index (χ3v) is 4.51. The molecule has 0 radical (unpaired) electrons. The van der Waals surface area contributed by atoms with Gasteiger partial charge in [0.1, 0.15) is 0 Å². The van der Waals surface area contributed by atoms with Crippen LogP contribution in [0, 0.1) is 0 Å². The molecule has 1 heterocycles. The molecule has 1 aromatic rings. The van der Waals surface area contributed by atoms with E-state index >= 15 is 0 Å². The average molecular weight is 365 g/mol. The maximum Gasteiger partial charge on any atom is 0.311 e. The first-order valence-corrected chi connectivity index (χ1v) is 8.76. The van der Waals surface area contributed by atoms with Crippen LogP contribution in [-0.4, -0.2) is 66.3 Å². The zero-order valence-corrected chi connectivity index (χ0v) is 14.6. The summed E-state index contributed by atoms with van der Waals surface area (Å²) in [6, 6.07) is 7.10. The third kappa shape index (κ3) is 5.17. The number of rotatable bonds is 4. The molecule has 134 valence electrons. The number of nitrogens with zero attached hydrogens (tertiary/aromatic N) is 2. The molecule has 0 atom stereocenters. The van der Waals surface area contributed by atoms with Crippen LogP contribution in [-0.2, 0) is 14.4 Å². The van der Waals surface area contributed by atoms with Crippen LogP contribution in [0.15, 0.2) is 24.3 Å². The molecule has 2 aliphatic rings. The Hall–Kier alpha value is -2.12. The fourth-order valence-corrected chi connectivity index (χ4v) is 2.79. The Balaban J connectivity index is 1.40. The molecule has 1 saturated heterocycles. The van der Waals surface area contributed by atoms with E-state index in [0.717, 1.165) is 12.8 Å². The van der Waals surface area contributed by atoms with Crippen molar-refractivity contribution in [2.24, 2.45) is 0 Å². The summed E-state index contributed by atoms with van der Waals surface area (Å²) in [5.74, 6) is -1.11. The summed E-state index contributed by atoms with van der Waals surface area (Å²) in [4.78, 5) is 39.5. The second-order valence-corrected chi connectivity index (χ2v) is 6.81. The molecule has 3 amide bonds. The molecule has 8 heteroatoms. The standard InChI is InChI=1S/C17H21ClN4O3/c18-12-1-3-13(4-2-12)19-15(23)11-21-7-9-22(10-8-21)17(25)16(24)20-14-5-6-14/h1-4,14H,5-11H2,(H,19,23)(H,20,24). The van der Waals surface area contributed by atoms with Crippen molar-refractivity contribution < 1.29 is 14.4 Å². The van der Waals surface area contributed by atoms with Gasteiger partial charge in [-0.25, -0.2) is 0 Å². The smallest absolute Gasteiger partial charge is 0.311 e. The molecule has 0 spiro atoms. The van der Waals surface area contributed by atoms with Crippen molar-refractivity contribution in [1.29, 1.82) is 0 Å². The monoisotopic (exact) mass is 364 g/mol. The molecular formula is C17H21ClN4O3. The lowest BCUT2D eigenvalue weighted by Crippen LogP contribution is -2.53. The number of carbonyl (C=O) groups excluding carboxylic acids is 3. The van der Waals surface area contributed by atoms with Crippen molar-refractivity contribution in [3.8, 4) is 0 Å². The molecule has 3 rings (SSSR count). The summed E-state index contributed by atoms with van der Waals surface area (Å²) < 4.78 is 0. The average Bonchev–Trinajstić information content (AvgIpc) is 3.41. The highest BCUT2D eigenvalue weighted by molar-refractivity contribution is 6.35. The van der Waals surface area contributed by atoms with Crippen molar-refractivity contribution in [2.75, 3.05) is 38.0 Å². The molecular weight excluding hydrogens is 344 g/mol. The van der Waals surface area contributed by atoms with Crippen LogP contribution >= 0.6 is 11.6 Å². The Labute approximate surface area is 151 Å².